The molecule has 0 radical (unpaired) electrons. The lowest BCUT2D eigenvalue weighted by atomic mass is 10.1. The topological polar surface area (TPSA) is 51.7 Å². The number of rotatable bonds is 4. The van der Waals surface area contributed by atoms with Crippen LogP contribution in [0.1, 0.15) is 29.6 Å². The summed E-state index contributed by atoms with van der Waals surface area (Å²) in [7, 11) is 3.30. The van der Waals surface area contributed by atoms with Gasteiger partial charge in [-0.25, -0.2) is 4.98 Å². The largest absolute Gasteiger partial charge is 0.480 e. The number of aromatic nitrogens is 1. The first kappa shape index (κ1) is 13.8. The second-order valence-corrected chi connectivity index (χ2v) is 4.73. The summed E-state index contributed by atoms with van der Waals surface area (Å²) in [5.41, 5.74) is 0.489. The van der Waals surface area contributed by atoms with Crippen LogP contribution in [0.25, 0.3) is 0 Å². The molecular weight excluding hydrogens is 244 g/mol. The summed E-state index contributed by atoms with van der Waals surface area (Å²) in [6, 6.07) is 3.47. The third-order valence-electron chi connectivity index (χ3n) is 3.29. The molecule has 1 aromatic rings. The minimum Gasteiger partial charge on any atom is -0.480 e. The molecule has 1 amide bonds. The average Bonchev–Trinajstić information content (AvgIpc) is 2.47. The van der Waals surface area contributed by atoms with Crippen molar-refractivity contribution in [3.8, 4) is 5.88 Å². The lowest BCUT2D eigenvalue weighted by Crippen LogP contribution is -2.37. The van der Waals surface area contributed by atoms with Crippen LogP contribution in [-0.4, -0.2) is 49.2 Å². The van der Waals surface area contributed by atoms with E-state index in [4.69, 9.17) is 9.47 Å². The first-order valence-corrected chi connectivity index (χ1v) is 6.58. The summed E-state index contributed by atoms with van der Waals surface area (Å²) in [5, 5.41) is 0. The number of methoxy groups -OCH3 is 1. The van der Waals surface area contributed by atoms with Gasteiger partial charge in [0.15, 0.2) is 0 Å². The van der Waals surface area contributed by atoms with Crippen LogP contribution in [0.3, 0.4) is 0 Å². The predicted molar refractivity (Wildman–Crippen MR) is 71.3 cm³/mol. The summed E-state index contributed by atoms with van der Waals surface area (Å²) >= 11 is 0. The van der Waals surface area contributed by atoms with Gasteiger partial charge in [0.1, 0.15) is 5.56 Å². The number of amides is 1. The molecule has 0 saturated carbocycles. The molecule has 1 fully saturated rings. The fourth-order valence-corrected chi connectivity index (χ4v) is 2.26. The molecule has 0 unspecified atom stereocenters. The van der Waals surface area contributed by atoms with Gasteiger partial charge in [-0.15, -0.1) is 0 Å². The van der Waals surface area contributed by atoms with Gasteiger partial charge in [0.2, 0.25) is 5.88 Å². The monoisotopic (exact) mass is 264 g/mol. The van der Waals surface area contributed by atoms with E-state index < -0.39 is 0 Å². The van der Waals surface area contributed by atoms with Crippen molar-refractivity contribution in [1.29, 1.82) is 0 Å². The molecule has 5 heteroatoms. The van der Waals surface area contributed by atoms with Gasteiger partial charge in [-0.05, 0) is 31.4 Å². The average molecular weight is 264 g/mol. The lowest BCUT2D eigenvalue weighted by molar-refractivity contribution is -0.000253. The van der Waals surface area contributed by atoms with Crippen molar-refractivity contribution in [3.05, 3.63) is 23.9 Å². The fraction of sp³-hybridized carbons (Fsp3) is 0.571. The van der Waals surface area contributed by atoms with Gasteiger partial charge in [0, 0.05) is 26.4 Å². The van der Waals surface area contributed by atoms with E-state index in [0.717, 1.165) is 19.4 Å². The quantitative estimate of drug-likeness (QED) is 0.831. The Hall–Kier alpha value is -1.62. The Morgan fingerprint density at radius 3 is 3.11 bits per heavy atom. The minimum absolute atomic E-state index is 0.0841. The number of pyridine rings is 1. The van der Waals surface area contributed by atoms with E-state index in [1.54, 1.807) is 30.3 Å². The molecule has 5 nitrogen and oxygen atoms in total. The van der Waals surface area contributed by atoms with Gasteiger partial charge >= 0.3 is 0 Å². The molecule has 1 aromatic heterocycles. The van der Waals surface area contributed by atoms with E-state index in [-0.39, 0.29) is 12.0 Å². The Morgan fingerprint density at radius 1 is 1.58 bits per heavy atom. The van der Waals surface area contributed by atoms with Gasteiger partial charge in [0.25, 0.3) is 5.91 Å². The van der Waals surface area contributed by atoms with Crippen LogP contribution in [-0.2, 0) is 4.74 Å². The van der Waals surface area contributed by atoms with Crippen molar-refractivity contribution in [2.75, 3.05) is 27.3 Å². The minimum atomic E-state index is -0.0841. The van der Waals surface area contributed by atoms with Gasteiger partial charge in [-0.2, -0.15) is 0 Å². The Labute approximate surface area is 113 Å². The van der Waals surface area contributed by atoms with Crippen LogP contribution in [0.15, 0.2) is 18.3 Å². The highest BCUT2D eigenvalue weighted by Crippen LogP contribution is 2.18. The van der Waals surface area contributed by atoms with Crippen molar-refractivity contribution >= 4 is 5.91 Å². The number of ether oxygens (including phenoxy) is 2. The third kappa shape index (κ3) is 3.44. The maximum Gasteiger partial charge on any atom is 0.259 e. The van der Waals surface area contributed by atoms with Crippen molar-refractivity contribution in [3.63, 3.8) is 0 Å². The first-order valence-electron chi connectivity index (χ1n) is 6.58. The molecule has 19 heavy (non-hydrogen) atoms. The van der Waals surface area contributed by atoms with Crippen molar-refractivity contribution in [1.82, 2.24) is 9.88 Å². The van der Waals surface area contributed by atoms with E-state index in [0.29, 0.717) is 18.0 Å². The Morgan fingerprint density at radius 2 is 2.42 bits per heavy atom. The molecule has 2 heterocycles. The smallest absolute Gasteiger partial charge is 0.259 e. The second kappa shape index (κ2) is 6.52. The molecule has 0 N–H and O–H groups in total. The Bertz CT molecular complexity index is 430. The van der Waals surface area contributed by atoms with Crippen molar-refractivity contribution in [2.24, 2.45) is 0 Å². The van der Waals surface area contributed by atoms with E-state index in [1.165, 1.54) is 13.5 Å². The lowest BCUT2D eigenvalue weighted by Gasteiger charge is -2.27. The van der Waals surface area contributed by atoms with Crippen LogP contribution < -0.4 is 4.74 Å². The van der Waals surface area contributed by atoms with Gasteiger partial charge < -0.3 is 14.4 Å². The zero-order valence-corrected chi connectivity index (χ0v) is 11.5. The summed E-state index contributed by atoms with van der Waals surface area (Å²) < 4.78 is 10.8. The summed E-state index contributed by atoms with van der Waals surface area (Å²) in [6.45, 7) is 1.40. The normalized spacial score (nSPS) is 18.9. The zero-order valence-electron chi connectivity index (χ0n) is 11.5. The highest BCUT2D eigenvalue weighted by Gasteiger charge is 2.22. The molecule has 1 saturated heterocycles. The second-order valence-electron chi connectivity index (χ2n) is 4.73. The molecule has 1 aliphatic rings. The molecule has 0 spiro atoms. The highest BCUT2D eigenvalue weighted by molar-refractivity contribution is 5.96. The number of carbonyl (C=O) groups excluding carboxylic acids is 1. The number of carbonyl (C=O) groups is 1. The van der Waals surface area contributed by atoms with Crippen molar-refractivity contribution in [2.45, 2.75) is 25.4 Å². The maximum absolute atomic E-state index is 12.3. The Kier molecular flexibility index (Phi) is 4.74. The molecule has 0 aromatic carbocycles. The highest BCUT2D eigenvalue weighted by atomic mass is 16.5. The van der Waals surface area contributed by atoms with Gasteiger partial charge in [-0.1, -0.05) is 0 Å². The molecule has 1 atom stereocenters. The number of nitrogens with zero attached hydrogens (tertiary/aromatic N) is 2. The summed E-state index contributed by atoms with van der Waals surface area (Å²) in [4.78, 5) is 18.1. The third-order valence-corrected chi connectivity index (χ3v) is 3.29. The summed E-state index contributed by atoms with van der Waals surface area (Å²) in [6.07, 6.45) is 5.06. The number of likely N-dealkylation sites (N-methyl/N-ethyl adjacent to an activating group) is 1. The molecular formula is C14H20N2O3. The van der Waals surface area contributed by atoms with Crippen LogP contribution >= 0.6 is 0 Å². The number of hydrogen-bond donors (Lipinski definition) is 0. The summed E-state index contributed by atoms with van der Waals surface area (Å²) in [5.74, 6) is 0.281. The first-order chi connectivity index (χ1) is 9.22. The zero-order chi connectivity index (χ0) is 13.7. The van der Waals surface area contributed by atoms with Crippen molar-refractivity contribution < 1.29 is 14.3 Å². The van der Waals surface area contributed by atoms with E-state index in [1.807, 2.05) is 0 Å². The molecule has 1 aliphatic heterocycles. The molecule has 2 rings (SSSR count). The van der Waals surface area contributed by atoms with E-state index in [9.17, 15) is 4.79 Å². The molecule has 0 bridgehead atoms. The van der Waals surface area contributed by atoms with Crippen LogP contribution in [0.2, 0.25) is 0 Å². The van der Waals surface area contributed by atoms with Gasteiger partial charge in [0.05, 0.1) is 13.2 Å². The van der Waals surface area contributed by atoms with Crippen LogP contribution in [0.4, 0.5) is 0 Å². The number of hydrogen-bond acceptors (Lipinski definition) is 4. The van der Waals surface area contributed by atoms with E-state index >= 15 is 0 Å². The fourth-order valence-electron chi connectivity index (χ4n) is 2.26. The standard InChI is InChI=1S/C14H20N2O3/c1-16(10-11-6-3-4-9-19-11)14(17)12-7-5-8-15-13(12)18-2/h5,7-8,11H,3-4,6,9-10H2,1-2H3/t11-/m1/s1. The van der Waals surface area contributed by atoms with E-state index in [2.05, 4.69) is 4.98 Å². The molecule has 0 aliphatic carbocycles. The maximum atomic E-state index is 12.3. The SMILES string of the molecule is COc1ncccc1C(=O)N(C)C[C@H]1CCCCO1. The van der Waals surface area contributed by atoms with Crippen LogP contribution in [0.5, 0.6) is 5.88 Å². The van der Waals surface area contributed by atoms with Crippen LogP contribution in [0, 0.1) is 0 Å². The Balaban J connectivity index is 2.01. The predicted octanol–water partition coefficient (Wildman–Crippen LogP) is 1.73. The molecule has 104 valence electrons. The van der Waals surface area contributed by atoms with Gasteiger partial charge in [-0.3, -0.25) is 4.79 Å².